The molecule has 1 aromatic heterocycles. The highest BCUT2D eigenvalue weighted by molar-refractivity contribution is 9.11. The Bertz CT molecular complexity index is 590. The first kappa shape index (κ1) is 15.9. The van der Waals surface area contributed by atoms with Crippen molar-refractivity contribution in [3.63, 3.8) is 0 Å². The van der Waals surface area contributed by atoms with Crippen LogP contribution in [0, 0.1) is 0 Å². The number of thiophene rings is 1. The quantitative estimate of drug-likeness (QED) is 0.779. The summed E-state index contributed by atoms with van der Waals surface area (Å²) in [4.78, 5) is 1.46. The number of rotatable bonds is 6. The maximum absolute atomic E-state index is 12.5. The molecule has 2 fully saturated rings. The van der Waals surface area contributed by atoms with E-state index in [1.807, 2.05) is 0 Å². The largest absolute Gasteiger partial charge is 0.309 e. The zero-order chi connectivity index (χ0) is 14.9. The highest BCUT2D eigenvalue weighted by Gasteiger charge is 2.26. The Morgan fingerprint density at radius 2 is 1.86 bits per heavy atom. The van der Waals surface area contributed by atoms with Crippen molar-refractivity contribution in [3.05, 3.63) is 14.7 Å². The molecule has 7 heteroatoms. The number of sulfonamides is 1. The number of hydrogen-bond donors (Lipinski definition) is 2. The Morgan fingerprint density at radius 3 is 2.52 bits per heavy atom. The molecule has 21 heavy (non-hydrogen) atoms. The molecule has 0 bridgehead atoms. The molecule has 0 amide bonds. The second-order valence-corrected chi connectivity index (χ2v) is 10.1. The zero-order valence-corrected chi connectivity index (χ0v) is 15.1. The summed E-state index contributed by atoms with van der Waals surface area (Å²) in [6.07, 6.45) is 7.84. The first-order chi connectivity index (χ1) is 10.0. The minimum absolute atomic E-state index is 0.101. The van der Waals surface area contributed by atoms with E-state index < -0.39 is 10.0 Å². The summed E-state index contributed by atoms with van der Waals surface area (Å²) >= 11 is 4.92. The molecule has 2 saturated carbocycles. The molecule has 2 aliphatic rings. The van der Waals surface area contributed by atoms with Crippen molar-refractivity contribution < 1.29 is 8.42 Å². The monoisotopic (exact) mass is 392 g/mol. The second-order valence-electron chi connectivity index (χ2n) is 5.96. The molecule has 4 nitrogen and oxygen atoms in total. The Balaban J connectivity index is 1.68. The van der Waals surface area contributed by atoms with Gasteiger partial charge in [0.15, 0.2) is 0 Å². The predicted octanol–water partition coefficient (Wildman–Crippen LogP) is 3.37. The van der Waals surface area contributed by atoms with Crippen LogP contribution in [0.3, 0.4) is 0 Å². The van der Waals surface area contributed by atoms with Crippen molar-refractivity contribution in [1.82, 2.24) is 10.0 Å². The van der Waals surface area contributed by atoms with Crippen LogP contribution in [0.2, 0.25) is 0 Å². The lowest BCUT2D eigenvalue weighted by Gasteiger charge is -2.22. The lowest BCUT2D eigenvalue weighted by Crippen LogP contribution is -2.36. The topological polar surface area (TPSA) is 58.2 Å². The van der Waals surface area contributed by atoms with Gasteiger partial charge in [-0.3, -0.25) is 0 Å². The number of hydrogen-bond acceptors (Lipinski definition) is 4. The van der Waals surface area contributed by atoms with E-state index >= 15 is 0 Å². The van der Waals surface area contributed by atoms with Gasteiger partial charge in [0, 0.05) is 23.5 Å². The van der Waals surface area contributed by atoms with E-state index in [1.54, 1.807) is 6.07 Å². The van der Waals surface area contributed by atoms with Gasteiger partial charge in [0.25, 0.3) is 0 Å². The highest BCUT2D eigenvalue weighted by Crippen LogP contribution is 2.33. The number of halogens is 1. The van der Waals surface area contributed by atoms with Crippen molar-refractivity contribution in [1.29, 1.82) is 0 Å². The van der Waals surface area contributed by atoms with E-state index in [9.17, 15) is 8.42 Å². The molecule has 118 valence electrons. The van der Waals surface area contributed by atoms with Crippen LogP contribution < -0.4 is 10.0 Å². The average Bonchev–Trinajstić information content (AvgIpc) is 3.19. The molecular weight excluding hydrogens is 372 g/mol. The minimum atomic E-state index is -3.41. The highest BCUT2D eigenvalue weighted by atomic mass is 79.9. The van der Waals surface area contributed by atoms with Crippen LogP contribution in [0.1, 0.15) is 49.8 Å². The first-order valence-electron chi connectivity index (χ1n) is 7.58. The van der Waals surface area contributed by atoms with Crippen LogP contribution in [-0.2, 0) is 16.6 Å². The van der Waals surface area contributed by atoms with E-state index in [4.69, 9.17) is 0 Å². The van der Waals surface area contributed by atoms with Crippen LogP contribution in [0.25, 0.3) is 0 Å². The van der Waals surface area contributed by atoms with Crippen LogP contribution in [-0.4, -0.2) is 20.5 Å². The molecular formula is C14H21BrN2O2S2. The molecule has 0 atom stereocenters. The SMILES string of the molecule is O=S(=O)(NC1CCCCC1)c1cc(CNC2CC2)sc1Br. The third kappa shape index (κ3) is 4.28. The standard InChI is InChI=1S/C14H21BrN2O2S2/c15-14-13(8-12(20-14)9-16-10-6-7-10)21(18,19)17-11-4-2-1-3-5-11/h8,10-11,16-17H,1-7,9H2. The molecule has 0 aliphatic heterocycles. The molecule has 2 aliphatic carbocycles. The summed E-state index contributed by atoms with van der Waals surface area (Å²) in [7, 11) is -3.41. The van der Waals surface area contributed by atoms with Crippen molar-refractivity contribution in [3.8, 4) is 0 Å². The van der Waals surface area contributed by atoms with Gasteiger partial charge >= 0.3 is 0 Å². The van der Waals surface area contributed by atoms with Gasteiger partial charge in [-0.1, -0.05) is 19.3 Å². The summed E-state index contributed by atoms with van der Waals surface area (Å²) in [6, 6.07) is 2.53. The van der Waals surface area contributed by atoms with Crippen LogP contribution >= 0.6 is 27.3 Å². The normalized spacial score (nSPS) is 20.8. The van der Waals surface area contributed by atoms with E-state index in [1.165, 1.54) is 30.6 Å². The Morgan fingerprint density at radius 1 is 1.14 bits per heavy atom. The Hall–Kier alpha value is 0.0500. The summed E-state index contributed by atoms with van der Waals surface area (Å²) in [5.74, 6) is 0. The van der Waals surface area contributed by atoms with Gasteiger partial charge in [0.05, 0.1) is 3.79 Å². The fraction of sp³-hybridized carbons (Fsp3) is 0.714. The third-order valence-corrected chi connectivity index (χ3v) is 7.84. The van der Waals surface area contributed by atoms with Crippen molar-refractivity contribution in [2.45, 2.75) is 68.5 Å². The summed E-state index contributed by atoms with van der Waals surface area (Å²) in [5.41, 5.74) is 0. The molecule has 0 spiro atoms. The van der Waals surface area contributed by atoms with Gasteiger partial charge in [0.1, 0.15) is 4.90 Å². The second kappa shape index (κ2) is 6.66. The lowest BCUT2D eigenvalue weighted by atomic mass is 9.96. The molecule has 3 rings (SSSR count). The average molecular weight is 393 g/mol. The zero-order valence-electron chi connectivity index (χ0n) is 11.9. The van der Waals surface area contributed by atoms with E-state index in [2.05, 4.69) is 26.0 Å². The smallest absolute Gasteiger partial charge is 0.242 e. The third-order valence-electron chi connectivity index (χ3n) is 4.07. The first-order valence-corrected chi connectivity index (χ1v) is 10.7. The maximum Gasteiger partial charge on any atom is 0.242 e. The summed E-state index contributed by atoms with van der Waals surface area (Å²) < 4.78 is 28.6. The van der Waals surface area contributed by atoms with E-state index in [-0.39, 0.29) is 6.04 Å². The van der Waals surface area contributed by atoms with Gasteiger partial charge < -0.3 is 5.32 Å². The van der Waals surface area contributed by atoms with E-state index in [0.29, 0.717) is 14.7 Å². The molecule has 1 aromatic rings. The van der Waals surface area contributed by atoms with Crippen molar-refractivity contribution >= 4 is 37.3 Å². The van der Waals surface area contributed by atoms with Gasteiger partial charge in [-0.15, -0.1) is 11.3 Å². The molecule has 0 saturated heterocycles. The summed E-state index contributed by atoms with van der Waals surface area (Å²) in [6.45, 7) is 0.757. The molecule has 1 heterocycles. The molecule has 0 aromatic carbocycles. The van der Waals surface area contributed by atoms with Gasteiger partial charge in [-0.25, -0.2) is 13.1 Å². The number of nitrogens with one attached hydrogen (secondary N) is 2. The maximum atomic E-state index is 12.5. The van der Waals surface area contributed by atoms with Crippen LogP contribution in [0.15, 0.2) is 14.7 Å². The van der Waals surface area contributed by atoms with Crippen molar-refractivity contribution in [2.75, 3.05) is 0 Å². The Labute approximate surface area is 138 Å². The van der Waals surface area contributed by atoms with Crippen LogP contribution in [0.5, 0.6) is 0 Å². The van der Waals surface area contributed by atoms with E-state index in [0.717, 1.165) is 37.1 Å². The summed E-state index contributed by atoms with van der Waals surface area (Å²) in [5, 5.41) is 3.42. The lowest BCUT2D eigenvalue weighted by molar-refractivity contribution is 0.412. The predicted molar refractivity (Wildman–Crippen MR) is 89.1 cm³/mol. The molecule has 2 N–H and O–H groups in total. The Kier molecular flexibility index (Phi) is 5.05. The van der Waals surface area contributed by atoms with Crippen LogP contribution in [0.4, 0.5) is 0 Å². The van der Waals surface area contributed by atoms with Gasteiger partial charge in [-0.2, -0.15) is 0 Å². The molecule has 0 radical (unpaired) electrons. The molecule has 0 unspecified atom stereocenters. The fourth-order valence-corrected chi connectivity index (χ4v) is 6.64. The minimum Gasteiger partial charge on any atom is -0.309 e. The van der Waals surface area contributed by atoms with Crippen molar-refractivity contribution in [2.24, 2.45) is 0 Å². The fourth-order valence-electron chi connectivity index (χ4n) is 2.70. The van der Waals surface area contributed by atoms with Gasteiger partial charge in [0.2, 0.25) is 10.0 Å². The van der Waals surface area contributed by atoms with Gasteiger partial charge in [-0.05, 0) is 47.7 Å².